The van der Waals surface area contributed by atoms with Gasteiger partial charge >= 0.3 is 12.2 Å². The molecule has 0 heterocycles. The van der Waals surface area contributed by atoms with Gasteiger partial charge in [-0.2, -0.15) is 0 Å². The number of nitrogens with zero attached hydrogens (tertiary/aromatic N) is 5. The summed E-state index contributed by atoms with van der Waals surface area (Å²) in [6.45, 7) is 3.74. The smallest absolute Gasteiger partial charge is 0.410 e. The van der Waals surface area contributed by atoms with Crippen molar-refractivity contribution in [3.05, 3.63) is 29.8 Å². The molecule has 11 nitrogen and oxygen atoms in total. The van der Waals surface area contributed by atoms with Gasteiger partial charge in [-0.1, -0.05) is 87.2 Å². The lowest BCUT2D eigenvalue weighted by Crippen LogP contribution is -2.35. The van der Waals surface area contributed by atoms with Gasteiger partial charge in [-0.25, -0.2) is 18.2 Å². The van der Waals surface area contributed by atoms with E-state index in [0.29, 0.717) is 5.75 Å². The fourth-order valence-electron chi connectivity index (χ4n) is 3.75. The molecule has 0 aromatic heterocycles. The van der Waals surface area contributed by atoms with Crippen LogP contribution in [0, 0.1) is 0 Å². The second-order valence-electron chi connectivity index (χ2n) is 9.88. The molecule has 0 fully saturated rings. The number of carbonyl (C=O) groups is 3. The Hall–Kier alpha value is -3.28. The number of rotatable bonds is 18. The number of carbonyl (C=O) groups excluding carboxylic acids is 3. The van der Waals surface area contributed by atoms with Gasteiger partial charge in [0.15, 0.2) is 5.71 Å². The molecule has 1 aromatic carbocycles. The molecule has 0 aliphatic carbocycles. The van der Waals surface area contributed by atoms with Crippen LogP contribution in [0.25, 0.3) is 0 Å². The van der Waals surface area contributed by atoms with Crippen molar-refractivity contribution in [2.24, 2.45) is 10.3 Å². The number of unbranched alkanes of at least 4 members (excludes halogenated alkanes) is 9. The SMILES string of the molecule is CCCCCCCCCCCCc1ccc(OC(=O)N(C)SN(C)C(=O)ON=C(C(=O)N(C)C)C(C)=NOC)cc1. The molecule has 41 heavy (non-hydrogen) atoms. The molecule has 1 aromatic rings. The average Bonchev–Trinajstić information content (AvgIpc) is 2.94. The van der Waals surface area contributed by atoms with Crippen molar-refractivity contribution in [3.63, 3.8) is 0 Å². The second kappa shape index (κ2) is 20.6. The van der Waals surface area contributed by atoms with Crippen molar-refractivity contribution < 1.29 is 28.8 Å². The van der Waals surface area contributed by atoms with E-state index in [0.717, 1.165) is 33.6 Å². The van der Waals surface area contributed by atoms with Gasteiger partial charge in [0, 0.05) is 28.2 Å². The fraction of sp³-hybridized carbons (Fsp3) is 0.621. The van der Waals surface area contributed by atoms with E-state index in [-0.39, 0.29) is 11.4 Å². The average molecular weight is 594 g/mol. The van der Waals surface area contributed by atoms with Crippen LogP contribution in [0.2, 0.25) is 0 Å². The molecule has 12 heteroatoms. The van der Waals surface area contributed by atoms with E-state index in [4.69, 9.17) is 9.57 Å². The van der Waals surface area contributed by atoms with Crippen molar-refractivity contribution >= 4 is 41.7 Å². The molecular weight excluding hydrogens is 546 g/mol. The van der Waals surface area contributed by atoms with Crippen LogP contribution in [0.3, 0.4) is 0 Å². The molecule has 0 spiro atoms. The molecule has 0 saturated heterocycles. The quantitative estimate of drug-likeness (QED) is 0.0613. The predicted octanol–water partition coefficient (Wildman–Crippen LogP) is 6.68. The van der Waals surface area contributed by atoms with Gasteiger partial charge in [0.1, 0.15) is 18.6 Å². The topological polar surface area (TPSA) is 113 Å². The maximum Gasteiger partial charge on any atom is 0.447 e. The van der Waals surface area contributed by atoms with Crippen molar-refractivity contribution in [1.29, 1.82) is 0 Å². The van der Waals surface area contributed by atoms with Gasteiger partial charge in [-0.3, -0.25) is 9.63 Å². The second-order valence-corrected chi connectivity index (χ2v) is 11.1. The molecule has 1 rings (SSSR count). The summed E-state index contributed by atoms with van der Waals surface area (Å²) in [5.41, 5.74) is 1.13. The Kier molecular flexibility index (Phi) is 17.9. The Bertz CT molecular complexity index is 1000. The van der Waals surface area contributed by atoms with E-state index in [1.54, 1.807) is 12.1 Å². The minimum atomic E-state index is -0.916. The summed E-state index contributed by atoms with van der Waals surface area (Å²) >= 11 is 0.745. The molecule has 0 bridgehead atoms. The zero-order valence-electron chi connectivity index (χ0n) is 25.7. The molecular formula is C29H47N5O6S. The van der Waals surface area contributed by atoms with Crippen molar-refractivity contribution in [1.82, 2.24) is 13.5 Å². The molecule has 0 aliphatic heterocycles. The summed E-state index contributed by atoms with van der Waals surface area (Å²) in [6.07, 6.45) is 12.4. The lowest BCUT2D eigenvalue weighted by molar-refractivity contribution is -0.121. The molecule has 0 N–H and O–H groups in total. The van der Waals surface area contributed by atoms with Gasteiger partial charge in [-0.05, 0) is 37.5 Å². The Morgan fingerprint density at radius 2 is 1.32 bits per heavy atom. The minimum absolute atomic E-state index is 0.129. The molecule has 0 unspecified atom stereocenters. The highest BCUT2D eigenvalue weighted by Gasteiger charge is 2.23. The highest BCUT2D eigenvalue weighted by atomic mass is 32.2. The lowest BCUT2D eigenvalue weighted by atomic mass is 10.0. The number of hydrogen-bond donors (Lipinski definition) is 0. The van der Waals surface area contributed by atoms with Crippen LogP contribution in [-0.4, -0.2) is 78.3 Å². The third kappa shape index (κ3) is 14.8. The van der Waals surface area contributed by atoms with Crippen molar-refractivity contribution in [3.8, 4) is 5.75 Å². The number of benzene rings is 1. The summed E-state index contributed by atoms with van der Waals surface area (Å²) in [7, 11) is 7.21. The molecule has 230 valence electrons. The van der Waals surface area contributed by atoms with E-state index in [1.807, 2.05) is 12.1 Å². The largest absolute Gasteiger partial charge is 0.447 e. The van der Waals surface area contributed by atoms with E-state index >= 15 is 0 Å². The van der Waals surface area contributed by atoms with Crippen LogP contribution < -0.4 is 4.74 Å². The van der Waals surface area contributed by atoms with Gasteiger partial charge in [0.05, 0.1) is 12.1 Å². The number of aryl methyl sites for hydroxylation is 1. The van der Waals surface area contributed by atoms with Gasteiger partial charge in [0.2, 0.25) is 0 Å². The van der Waals surface area contributed by atoms with E-state index in [1.165, 1.54) is 110 Å². The first-order valence-corrected chi connectivity index (χ1v) is 14.9. The Labute approximate surface area is 249 Å². The first-order chi connectivity index (χ1) is 19.6. The van der Waals surface area contributed by atoms with Crippen LogP contribution in [0.1, 0.15) is 83.6 Å². The Morgan fingerprint density at radius 3 is 1.85 bits per heavy atom. The summed E-state index contributed by atoms with van der Waals surface area (Å²) in [5, 5.41) is 7.30. The maximum absolute atomic E-state index is 12.5. The fourth-order valence-corrected chi connectivity index (χ4v) is 4.32. The lowest BCUT2D eigenvalue weighted by Gasteiger charge is -2.20. The third-order valence-corrected chi connectivity index (χ3v) is 6.89. The van der Waals surface area contributed by atoms with E-state index in [2.05, 4.69) is 22.1 Å². The predicted molar refractivity (Wildman–Crippen MR) is 164 cm³/mol. The summed E-state index contributed by atoms with van der Waals surface area (Å²) in [5.74, 6) is -0.120. The van der Waals surface area contributed by atoms with Crippen LogP contribution in [-0.2, 0) is 20.9 Å². The minimum Gasteiger partial charge on any atom is -0.410 e. The first-order valence-electron chi connectivity index (χ1n) is 14.2. The van der Waals surface area contributed by atoms with Gasteiger partial charge in [-0.15, -0.1) is 0 Å². The monoisotopic (exact) mass is 593 g/mol. The zero-order valence-corrected chi connectivity index (χ0v) is 26.5. The van der Waals surface area contributed by atoms with Crippen LogP contribution in [0.15, 0.2) is 34.6 Å². The van der Waals surface area contributed by atoms with Crippen molar-refractivity contribution in [2.75, 3.05) is 35.3 Å². The molecule has 0 atom stereocenters. The highest BCUT2D eigenvalue weighted by molar-refractivity contribution is 7.95. The number of oxime groups is 2. The summed E-state index contributed by atoms with van der Waals surface area (Å²) in [4.78, 5) is 48.0. The number of amides is 3. The van der Waals surface area contributed by atoms with Gasteiger partial charge in [0.25, 0.3) is 5.91 Å². The standard InChI is InChI=1S/C29H47N5O6S/c1-8-9-10-11-12-13-14-15-16-17-18-24-19-21-25(22-20-24)39-28(36)33(5)41-34(6)29(37)40-31-26(23(2)30-38-7)27(35)32(3)4/h19-22H,8-18H2,1-7H3. The number of ether oxygens (including phenoxy) is 1. The van der Waals surface area contributed by atoms with Crippen LogP contribution in [0.4, 0.5) is 9.59 Å². The Balaban J connectivity index is 2.46. The molecule has 0 radical (unpaired) electrons. The molecule has 0 saturated carbocycles. The van der Waals surface area contributed by atoms with Crippen molar-refractivity contribution in [2.45, 2.75) is 84.5 Å². The molecule has 3 amide bonds. The molecule has 0 aliphatic rings. The van der Waals surface area contributed by atoms with Crippen LogP contribution >= 0.6 is 12.1 Å². The third-order valence-electron chi connectivity index (χ3n) is 6.10. The normalized spacial score (nSPS) is 11.6. The maximum atomic E-state index is 12.5. The summed E-state index contributed by atoms with van der Waals surface area (Å²) < 4.78 is 7.57. The van der Waals surface area contributed by atoms with Crippen LogP contribution in [0.5, 0.6) is 5.75 Å². The summed E-state index contributed by atoms with van der Waals surface area (Å²) in [6, 6.07) is 7.46. The first kappa shape index (κ1) is 35.7. The van der Waals surface area contributed by atoms with Gasteiger partial charge < -0.3 is 14.5 Å². The van der Waals surface area contributed by atoms with E-state index in [9.17, 15) is 14.4 Å². The zero-order chi connectivity index (χ0) is 30.6. The Morgan fingerprint density at radius 1 is 0.780 bits per heavy atom. The highest BCUT2D eigenvalue weighted by Crippen LogP contribution is 2.19. The number of hydrogen-bond acceptors (Lipinski definition) is 9. The van der Waals surface area contributed by atoms with E-state index < -0.39 is 18.1 Å².